The van der Waals surface area contributed by atoms with E-state index in [2.05, 4.69) is 16.0 Å². The molecule has 3 aromatic carbocycles. The Morgan fingerprint density at radius 3 is 2.41 bits per heavy atom. The molecule has 0 radical (unpaired) electrons. The van der Waals surface area contributed by atoms with Crippen LogP contribution in [-0.4, -0.2) is 25.5 Å². The van der Waals surface area contributed by atoms with Gasteiger partial charge in [0.2, 0.25) is 5.91 Å². The molecule has 3 N–H and O–H groups in total. The van der Waals surface area contributed by atoms with Crippen molar-refractivity contribution in [2.45, 2.75) is 0 Å². The van der Waals surface area contributed by atoms with Crippen LogP contribution in [0.4, 0.5) is 17.1 Å². The van der Waals surface area contributed by atoms with Crippen LogP contribution in [0.3, 0.4) is 0 Å². The second-order valence-electron chi connectivity index (χ2n) is 6.14. The highest BCUT2D eigenvalue weighted by Crippen LogP contribution is 2.19. The number of hydrogen-bond donors (Lipinski definition) is 3. The van der Waals surface area contributed by atoms with Crippen LogP contribution >= 0.6 is 11.6 Å². The van der Waals surface area contributed by atoms with Crippen molar-refractivity contribution < 1.29 is 14.3 Å². The summed E-state index contributed by atoms with van der Waals surface area (Å²) in [5.74, 6) is 0.120. The number of hydrogen-bond acceptors (Lipinski definition) is 4. The predicted molar refractivity (Wildman–Crippen MR) is 116 cm³/mol. The fraction of sp³-hybridized carbons (Fsp3) is 0.0909. The number of methoxy groups -OCH3 is 1. The van der Waals surface area contributed by atoms with Crippen molar-refractivity contribution in [3.63, 3.8) is 0 Å². The molecule has 0 fully saturated rings. The summed E-state index contributed by atoms with van der Waals surface area (Å²) in [4.78, 5) is 24.9. The Hall–Kier alpha value is -3.51. The van der Waals surface area contributed by atoms with E-state index in [0.29, 0.717) is 33.4 Å². The van der Waals surface area contributed by atoms with Gasteiger partial charge >= 0.3 is 0 Å². The minimum Gasteiger partial charge on any atom is -0.497 e. The summed E-state index contributed by atoms with van der Waals surface area (Å²) in [5.41, 5.74) is 2.24. The number of nitrogens with one attached hydrogen (secondary N) is 3. The Labute approximate surface area is 173 Å². The molecule has 3 rings (SSSR count). The first-order valence-corrected chi connectivity index (χ1v) is 9.26. The molecule has 0 bridgehead atoms. The third-order valence-electron chi connectivity index (χ3n) is 4.07. The number of carbonyl (C=O) groups excluding carboxylic acids is 2. The molecule has 0 aliphatic rings. The number of halogens is 1. The number of carbonyl (C=O) groups is 2. The Bertz CT molecular complexity index is 1010. The van der Waals surface area contributed by atoms with Gasteiger partial charge in [-0.15, -0.1) is 0 Å². The van der Waals surface area contributed by atoms with Gasteiger partial charge in [-0.3, -0.25) is 9.59 Å². The van der Waals surface area contributed by atoms with E-state index >= 15 is 0 Å². The molecular weight excluding hydrogens is 390 g/mol. The van der Waals surface area contributed by atoms with Crippen molar-refractivity contribution in [3.8, 4) is 5.75 Å². The Morgan fingerprint density at radius 1 is 0.897 bits per heavy atom. The molecule has 0 saturated heterocycles. The van der Waals surface area contributed by atoms with E-state index in [1.165, 1.54) is 0 Å². The lowest BCUT2D eigenvalue weighted by molar-refractivity contribution is -0.114. The standard InChI is InChI=1S/C22H20ClN3O3/c1-29-18-6-4-5-17(13-18)25-21(27)14-24-20-8-3-2-7-19(20)22(28)26-16-11-9-15(23)10-12-16/h2-13,24H,14H2,1H3,(H,25,27)(H,26,28). The lowest BCUT2D eigenvalue weighted by Gasteiger charge is -2.13. The van der Waals surface area contributed by atoms with Gasteiger partial charge < -0.3 is 20.7 Å². The summed E-state index contributed by atoms with van der Waals surface area (Å²) in [6.45, 7) is 0.00243. The molecule has 29 heavy (non-hydrogen) atoms. The highest BCUT2D eigenvalue weighted by molar-refractivity contribution is 6.30. The third kappa shape index (κ3) is 5.73. The van der Waals surface area contributed by atoms with Crippen molar-refractivity contribution in [1.82, 2.24) is 0 Å². The average Bonchev–Trinajstić information content (AvgIpc) is 2.74. The summed E-state index contributed by atoms with van der Waals surface area (Å²) in [5, 5.41) is 9.20. The Balaban J connectivity index is 1.63. The Kier molecular flexibility index (Phi) is 6.71. The maximum atomic E-state index is 12.6. The van der Waals surface area contributed by atoms with Gasteiger partial charge in [0.05, 0.1) is 19.2 Å². The van der Waals surface area contributed by atoms with Crippen LogP contribution in [0.5, 0.6) is 5.75 Å². The van der Waals surface area contributed by atoms with Crippen LogP contribution in [0.15, 0.2) is 72.8 Å². The van der Waals surface area contributed by atoms with Crippen LogP contribution in [0.2, 0.25) is 5.02 Å². The molecule has 0 aromatic heterocycles. The SMILES string of the molecule is COc1cccc(NC(=O)CNc2ccccc2C(=O)Nc2ccc(Cl)cc2)c1. The summed E-state index contributed by atoms with van der Waals surface area (Å²) in [7, 11) is 1.56. The monoisotopic (exact) mass is 409 g/mol. The molecule has 0 spiro atoms. The lowest BCUT2D eigenvalue weighted by atomic mass is 10.1. The van der Waals surface area contributed by atoms with E-state index in [0.717, 1.165) is 0 Å². The maximum absolute atomic E-state index is 12.6. The van der Waals surface area contributed by atoms with E-state index in [4.69, 9.17) is 16.3 Å². The summed E-state index contributed by atoms with van der Waals surface area (Å²) in [6.07, 6.45) is 0. The van der Waals surface area contributed by atoms with Gasteiger partial charge in [-0.05, 0) is 48.5 Å². The Morgan fingerprint density at radius 2 is 1.66 bits per heavy atom. The zero-order valence-electron chi connectivity index (χ0n) is 15.7. The topological polar surface area (TPSA) is 79.5 Å². The van der Waals surface area contributed by atoms with Crippen LogP contribution in [0.1, 0.15) is 10.4 Å². The first-order valence-electron chi connectivity index (χ1n) is 8.89. The zero-order valence-corrected chi connectivity index (χ0v) is 16.5. The molecule has 0 saturated carbocycles. The highest BCUT2D eigenvalue weighted by Gasteiger charge is 2.12. The number of amides is 2. The second-order valence-corrected chi connectivity index (χ2v) is 6.58. The van der Waals surface area contributed by atoms with Crippen molar-refractivity contribution in [2.24, 2.45) is 0 Å². The van der Waals surface area contributed by atoms with Gasteiger partial charge in [0.15, 0.2) is 0 Å². The number of para-hydroxylation sites is 1. The first kappa shape index (κ1) is 20.2. The van der Waals surface area contributed by atoms with Crippen LogP contribution in [0.25, 0.3) is 0 Å². The van der Waals surface area contributed by atoms with Crippen molar-refractivity contribution in [3.05, 3.63) is 83.4 Å². The smallest absolute Gasteiger partial charge is 0.257 e. The summed E-state index contributed by atoms with van der Waals surface area (Å²) >= 11 is 5.87. The highest BCUT2D eigenvalue weighted by atomic mass is 35.5. The molecule has 0 unspecified atom stereocenters. The van der Waals surface area contributed by atoms with Crippen molar-refractivity contribution in [1.29, 1.82) is 0 Å². The van der Waals surface area contributed by atoms with Gasteiger partial charge in [-0.25, -0.2) is 0 Å². The van der Waals surface area contributed by atoms with E-state index in [-0.39, 0.29) is 18.4 Å². The average molecular weight is 410 g/mol. The molecular formula is C22H20ClN3O3. The molecule has 0 aliphatic carbocycles. The minimum absolute atomic E-state index is 0.00243. The fourth-order valence-corrected chi connectivity index (χ4v) is 2.77. The number of benzene rings is 3. The van der Waals surface area contributed by atoms with Crippen LogP contribution in [0, 0.1) is 0 Å². The molecule has 0 heterocycles. The van der Waals surface area contributed by atoms with Gasteiger partial charge in [-0.2, -0.15) is 0 Å². The van der Waals surface area contributed by atoms with E-state index in [1.54, 1.807) is 79.9 Å². The number of rotatable bonds is 7. The second kappa shape index (κ2) is 9.61. The minimum atomic E-state index is -0.288. The lowest BCUT2D eigenvalue weighted by Crippen LogP contribution is -2.23. The summed E-state index contributed by atoms with van der Waals surface area (Å²) < 4.78 is 5.14. The molecule has 0 atom stereocenters. The van der Waals surface area contributed by atoms with Gasteiger partial charge in [0, 0.05) is 28.2 Å². The van der Waals surface area contributed by atoms with Gasteiger partial charge in [0.25, 0.3) is 5.91 Å². The molecule has 148 valence electrons. The van der Waals surface area contributed by atoms with Crippen LogP contribution in [-0.2, 0) is 4.79 Å². The van der Waals surface area contributed by atoms with Crippen LogP contribution < -0.4 is 20.7 Å². The van der Waals surface area contributed by atoms with E-state index in [1.807, 2.05) is 0 Å². The quantitative estimate of drug-likeness (QED) is 0.530. The largest absolute Gasteiger partial charge is 0.497 e. The molecule has 7 heteroatoms. The molecule has 3 aromatic rings. The fourth-order valence-electron chi connectivity index (χ4n) is 2.65. The van der Waals surface area contributed by atoms with E-state index in [9.17, 15) is 9.59 Å². The van der Waals surface area contributed by atoms with Crippen molar-refractivity contribution in [2.75, 3.05) is 29.6 Å². The summed E-state index contributed by atoms with van der Waals surface area (Å²) in [6, 6.07) is 20.9. The van der Waals surface area contributed by atoms with E-state index < -0.39 is 0 Å². The normalized spacial score (nSPS) is 10.1. The molecule has 6 nitrogen and oxygen atoms in total. The van der Waals surface area contributed by atoms with Gasteiger partial charge in [-0.1, -0.05) is 29.8 Å². The third-order valence-corrected chi connectivity index (χ3v) is 4.32. The number of ether oxygens (including phenoxy) is 1. The first-order chi connectivity index (χ1) is 14.0. The van der Waals surface area contributed by atoms with Gasteiger partial charge in [0.1, 0.15) is 5.75 Å². The van der Waals surface area contributed by atoms with Crippen molar-refractivity contribution >= 4 is 40.5 Å². The molecule has 0 aliphatic heterocycles. The predicted octanol–water partition coefficient (Wildman–Crippen LogP) is 4.65. The molecule has 2 amide bonds. The maximum Gasteiger partial charge on any atom is 0.257 e. The number of anilines is 3. The zero-order chi connectivity index (χ0) is 20.6.